The predicted molar refractivity (Wildman–Crippen MR) is 86.9 cm³/mol. The summed E-state index contributed by atoms with van der Waals surface area (Å²) in [7, 11) is 0. The van der Waals surface area contributed by atoms with Crippen LogP contribution in [0.2, 0.25) is 0 Å². The monoisotopic (exact) mass is 326 g/mol. The number of pyridine rings is 1. The molecule has 24 heavy (non-hydrogen) atoms. The van der Waals surface area contributed by atoms with E-state index in [1.807, 2.05) is 24.3 Å². The van der Waals surface area contributed by atoms with E-state index in [9.17, 15) is 9.90 Å². The smallest absolute Gasteiger partial charge is 0.262 e. The van der Waals surface area contributed by atoms with Crippen molar-refractivity contribution >= 4 is 5.91 Å². The number of carbonyl (C=O) groups excluding carboxylic acids is 1. The molecule has 4 rings (SSSR count). The van der Waals surface area contributed by atoms with Crippen molar-refractivity contribution in [3.05, 3.63) is 65.0 Å². The van der Waals surface area contributed by atoms with E-state index in [4.69, 9.17) is 0 Å². The molecule has 1 amide bonds. The average Bonchev–Trinajstić information content (AvgIpc) is 3.02. The summed E-state index contributed by atoms with van der Waals surface area (Å²) in [6.45, 7) is 0. The van der Waals surface area contributed by atoms with Crippen LogP contribution in [0.1, 0.15) is 53.8 Å². The Kier molecular flexibility index (Phi) is 3.61. The number of benzene rings is 1. The molecule has 1 aromatic carbocycles. The topological polar surface area (TPSA) is 62.2 Å². The molecule has 2 aliphatic carbocycles. The number of hydrogen-bond donors (Lipinski definition) is 2. The highest BCUT2D eigenvalue weighted by Gasteiger charge is 2.47. The molecule has 3 atom stereocenters. The maximum atomic E-state index is 15.6. The van der Waals surface area contributed by atoms with E-state index < -0.39 is 17.7 Å². The first-order chi connectivity index (χ1) is 11.6. The van der Waals surface area contributed by atoms with Crippen LogP contribution in [0, 0.1) is 0 Å². The molecular weight excluding hydrogens is 307 g/mol. The Balaban J connectivity index is 1.62. The van der Waals surface area contributed by atoms with Gasteiger partial charge in [-0.15, -0.1) is 0 Å². The highest BCUT2D eigenvalue weighted by molar-refractivity contribution is 5.87. The average molecular weight is 326 g/mol. The first-order valence-corrected chi connectivity index (χ1v) is 8.31. The molecule has 124 valence electrons. The maximum absolute atomic E-state index is 15.6. The molecule has 0 saturated heterocycles. The summed E-state index contributed by atoms with van der Waals surface area (Å²) in [6.07, 6.45) is 2.52. The second-order valence-corrected chi connectivity index (χ2v) is 6.56. The fourth-order valence-corrected chi connectivity index (χ4v) is 3.84. The van der Waals surface area contributed by atoms with Crippen molar-refractivity contribution in [2.75, 3.05) is 0 Å². The minimum Gasteiger partial charge on any atom is -0.387 e. The van der Waals surface area contributed by atoms with Crippen LogP contribution in [0.25, 0.3) is 0 Å². The molecule has 0 unspecified atom stereocenters. The van der Waals surface area contributed by atoms with Gasteiger partial charge in [0.15, 0.2) is 0 Å². The van der Waals surface area contributed by atoms with Crippen molar-refractivity contribution < 1.29 is 14.3 Å². The quantitative estimate of drug-likeness (QED) is 0.892. The van der Waals surface area contributed by atoms with Gasteiger partial charge in [-0.25, -0.2) is 4.39 Å². The fourth-order valence-electron chi connectivity index (χ4n) is 3.84. The zero-order valence-electron chi connectivity index (χ0n) is 13.2. The van der Waals surface area contributed by atoms with Crippen molar-refractivity contribution in [3.63, 3.8) is 0 Å². The van der Waals surface area contributed by atoms with E-state index in [1.54, 1.807) is 12.1 Å². The molecule has 1 aromatic heterocycles. The maximum Gasteiger partial charge on any atom is 0.262 e. The number of halogens is 1. The highest BCUT2D eigenvalue weighted by atomic mass is 19.1. The Morgan fingerprint density at radius 3 is 2.96 bits per heavy atom. The summed E-state index contributed by atoms with van der Waals surface area (Å²) in [5, 5.41) is 12.9. The molecule has 5 heteroatoms. The Hall–Kier alpha value is -2.27. The van der Waals surface area contributed by atoms with E-state index in [0.717, 1.165) is 18.4 Å². The molecule has 0 bridgehead atoms. The second-order valence-electron chi connectivity index (χ2n) is 6.56. The van der Waals surface area contributed by atoms with Gasteiger partial charge in [-0.2, -0.15) is 0 Å². The first-order valence-electron chi connectivity index (χ1n) is 8.31. The zero-order valence-corrected chi connectivity index (χ0v) is 13.2. The van der Waals surface area contributed by atoms with E-state index in [0.29, 0.717) is 0 Å². The van der Waals surface area contributed by atoms with Crippen LogP contribution in [0.4, 0.5) is 4.39 Å². The third kappa shape index (κ3) is 2.31. The van der Waals surface area contributed by atoms with E-state index in [-0.39, 0.29) is 30.1 Å². The van der Waals surface area contributed by atoms with Crippen LogP contribution >= 0.6 is 0 Å². The van der Waals surface area contributed by atoms with Crippen molar-refractivity contribution in [1.29, 1.82) is 0 Å². The Morgan fingerprint density at radius 2 is 2.08 bits per heavy atom. The number of amides is 1. The van der Waals surface area contributed by atoms with Crippen LogP contribution in [-0.2, 0) is 16.9 Å². The Bertz CT molecular complexity index is 794. The summed E-state index contributed by atoms with van der Waals surface area (Å²) < 4.78 is 15.6. The molecule has 0 aliphatic heterocycles. The van der Waals surface area contributed by atoms with Crippen LogP contribution in [0.3, 0.4) is 0 Å². The largest absolute Gasteiger partial charge is 0.387 e. The molecule has 2 aliphatic rings. The summed E-state index contributed by atoms with van der Waals surface area (Å²) in [5.74, 6) is -0.634. The molecule has 0 fully saturated rings. The second kappa shape index (κ2) is 5.67. The number of nitrogens with one attached hydrogen (secondary N) is 1. The highest BCUT2D eigenvalue weighted by Crippen LogP contribution is 2.43. The third-order valence-corrected chi connectivity index (χ3v) is 5.14. The normalized spacial score (nSPS) is 28.1. The number of carbonyl (C=O) groups is 1. The van der Waals surface area contributed by atoms with Gasteiger partial charge in [0, 0.05) is 11.8 Å². The lowest BCUT2D eigenvalue weighted by molar-refractivity contribution is -0.136. The summed E-state index contributed by atoms with van der Waals surface area (Å²) in [6, 6.07) is 10.9. The van der Waals surface area contributed by atoms with Gasteiger partial charge in [0.2, 0.25) is 5.67 Å². The van der Waals surface area contributed by atoms with E-state index in [1.165, 1.54) is 11.8 Å². The molecule has 4 nitrogen and oxygen atoms in total. The molecule has 1 heterocycles. The van der Waals surface area contributed by atoms with Crippen LogP contribution in [0.15, 0.2) is 42.6 Å². The predicted octanol–water partition coefficient (Wildman–Crippen LogP) is 2.88. The lowest BCUT2D eigenvalue weighted by Crippen LogP contribution is -2.45. The molecule has 0 spiro atoms. The summed E-state index contributed by atoms with van der Waals surface area (Å²) >= 11 is 0. The van der Waals surface area contributed by atoms with Gasteiger partial charge in [-0.05, 0) is 42.9 Å². The van der Waals surface area contributed by atoms with Crippen molar-refractivity contribution in [1.82, 2.24) is 10.3 Å². The van der Waals surface area contributed by atoms with Crippen molar-refractivity contribution in [2.24, 2.45) is 0 Å². The van der Waals surface area contributed by atoms with Gasteiger partial charge < -0.3 is 10.4 Å². The van der Waals surface area contributed by atoms with Gasteiger partial charge in [-0.3, -0.25) is 9.78 Å². The number of fused-ring (bicyclic) bond motifs is 2. The number of aromatic nitrogens is 1. The van der Waals surface area contributed by atoms with Crippen molar-refractivity contribution in [3.8, 4) is 0 Å². The van der Waals surface area contributed by atoms with Crippen LogP contribution < -0.4 is 5.32 Å². The van der Waals surface area contributed by atoms with Gasteiger partial charge >= 0.3 is 0 Å². The summed E-state index contributed by atoms with van der Waals surface area (Å²) in [5.41, 5.74) is 0.592. The third-order valence-electron chi connectivity index (χ3n) is 5.14. The number of aryl methyl sites for hydroxylation is 1. The molecule has 0 radical (unpaired) electrons. The minimum atomic E-state index is -2.14. The van der Waals surface area contributed by atoms with Crippen LogP contribution in [0.5, 0.6) is 0 Å². The number of aliphatic hydroxyl groups is 1. The number of rotatable bonds is 2. The Labute approximate surface area is 139 Å². The molecule has 2 N–H and O–H groups in total. The van der Waals surface area contributed by atoms with E-state index in [2.05, 4.69) is 10.3 Å². The van der Waals surface area contributed by atoms with Crippen LogP contribution in [-0.4, -0.2) is 16.0 Å². The number of aliphatic hydroxyl groups excluding tert-OH is 1. The number of alkyl halides is 1. The van der Waals surface area contributed by atoms with Gasteiger partial charge in [0.25, 0.3) is 5.91 Å². The van der Waals surface area contributed by atoms with Crippen molar-refractivity contribution in [2.45, 2.75) is 43.5 Å². The molecule has 0 saturated carbocycles. The molecular formula is C19H19FN2O2. The van der Waals surface area contributed by atoms with Gasteiger partial charge in [0.05, 0.1) is 17.8 Å². The van der Waals surface area contributed by atoms with Gasteiger partial charge in [-0.1, -0.05) is 30.3 Å². The number of hydrogen-bond acceptors (Lipinski definition) is 3. The zero-order chi connectivity index (χ0) is 16.7. The fraction of sp³-hybridized carbons (Fsp3) is 0.368. The Morgan fingerprint density at radius 1 is 1.25 bits per heavy atom. The minimum absolute atomic E-state index is 0.0347. The number of nitrogens with zero attached hydrogens (tertiary/aromatic N) is 1. The lowest BCUT2D eigenvalue weighted by Gasteiger charge is -2.33. The standard InChI is InChI=1S/C19H19FN2O2/c20-19(10-9-16(23)17-14(19)6-3-11-21-17)18(24)22-15-8-7-12-4-1-2-5-13(12)15/h1-6,11,15-16,23H,7-10H2,(H,22,24)/t15-,16+,19+/m1/s1. The first kappa shape index (κ1) is 15.3. The van der Waals surface area contributed by atoms with E-state index >= 15 is 4.39 Å². The van der Waals surface area contributed by atoms with Gasteiger partial charge in [0.1, 0.15) is 0 Å². The SMILES string of the molecule is O=C(N[C@@H]1CCc2ccccc21)[C@]1(F)CC[C@H](O)c2ncccc21. The summed E-state index contributed by atoms with van der Waals surface area (Å²) in [4.78, 5) is 16.8. The molecule has 2 aromatic rings. The lowest BCUT2D eigenvalue weighted by atomic mass is 9.80.